The first kappa shape index (κ1) is 19.4. The minimum atomic E-state index is 0. The number of rotatable bonds is 7. The number of aliphatic imine (C=N–C) groups is 1. The van der Waals surface area contributed by atoms with Crippen LogP contribution in [0, 0.1) is 0 Å². The van der Waals surface area contributed by atoms with E-state index in [4.69, 9.17) is 9.15 Å². The van der Waals surface area contributed by atoms with Crippen molar-refractivity contribution >= 4 is 29.9 Å². The van der Waals surface area contributed by atoms with Gasteiger partial charge in [-0.15, -0.1) is 24.0 Å². The summed E-state index contributed by atoms with van der Waals surface area (Å²) in [5.74, 6) is 1.36. The first-order valence-electron chi connectivity index (χ1n) is 7.26. The lowest BCUT2D eigenvalue weighted by molar-refractivity contribution is 0.195. The highest BCUT2D eigenvalue weighted by molar-refractivity contribution is 14.0. The van der Waals surface area contributed by atoms with E-state index < -0.39 is 0 Å². The van der Waals surface area contributed by atoms with Gasteiger partial charge >= 0.3 is 0 Å². The number of hydrogen-bond donors (Lipinski definition) is 2. The van der Waals surface area contributed by atoms with Crippen LogP contribution in [0.3, 0.4) is 0 Å². The Morgan fingerprint density at radius 3 is 2.74 bits per heavy atom. The van der Waals surface area contributed by atoms with E-state index in [0.29, 0.717) is 12.4 Å². The van der Waals surface area contributed by atoms with Crippen molar-refractivity contribution < 1.29 is 9.15 Å². The number of methoxy groups -OCH3 is 1. The van der Waals surface area contributed by atoms with Crippen molar-refractivity contribution in [2.75, 3.05) is 27.3 Å². The van der Waals surface area contributed by atoms with E-state index in [1.165, 1.54) is 0 Å². The molecule has 126 valence electrons. The molecule has 0 spiro atoms. The first-order chi connectivity index (χ1) is 10.8. The van der Waals surface area contributed by atoms with Gasteiger partial charge in [-0.3, -0.25) is 4.99 Å². The van der Waals surface area contributed by atoms with Gasteiger partial charge in [0, 0.05) is 32.9 Å². The highest BCUT2D eigenvalue weighted by atomic mass is 127. The van der Waals surface area contributed by atoms with E-state index in [1.807, 2.05) is 30.3 Å². The molecule has 0 amide bonds. The minimum Gasteiger partial charge on any atom is -0.444 e. The molecule has 0 aliphatic carbocycles. The standard InChI is InChI=1S/C16H22N4O2.HI/c1-17-16(18-9-6-10-21-2)19-11-14-12-22-15(20-14)13-7-4-3-5-8-13;/h3-5,7-8,12H,6,9-11H2,1-2H3,(H2,17,18,19);1H. The number of halogens is 1. The summed E-state index contributed by atoms with van der Waals surface area (Å²) in [4.78, 5) is 8.63. The summed E-state index contributed by atoms with van der Waals surface area (Å²) in [7, 11) is 3.44. The fourth-order valence-corrected chi connectivity index (χ4v) is 1.92. The second kappa shape index (κ2) is 11.0. The minimum absolute atomic E-state index is 0. The zero-order chi connectivity index (χ0) is 15.6. The molecule has 0 fully saturated rings. The summed E-state index contributed by atoms with van der Waals surface area (Å²) in [5.41, 5.74) is 1.80. The number of oxazole rings is 1. The van der Waals surface area contributed by atoms with E-state index in [9.17, 15) is 0 Å². The fraction of sp³-hybridized carbons (Fsp3) is 0.375. The number of hydrogen-bond acceptors (Lipinski definition) is 4. The van der Waals surface area contributed by atoms with Gasteiger partial charge in [-0.25, -0.2) is 4.98 Å². The Bertz CT molecular complexity index is 587. The Kier molecular flexibility index (Phi) is 9.30. The predicted molar refractivity (Wildman–Crippen MR) is 102 cm³/mol. The SMILES string of the molecule is CN=C(NCCCOC)NCc1coc(-c2ccccc2)n1.I. The topological polar surface area (TPSA) is 71.7 Å². The molecule has 0 aliphatic heterocycles. The number of ether oxygens (including phenoxy) is 1. The molecule has 0 radical (unpaired) electrons. The lowest BCUT2D eigenvalue weighted by atomic mass is 10.2. The zero-order valence-electron chi connectivity index (χ0n) is 13.4. The molecular weight excluding hydrogens is 407 g/mol. The Hall–Kier alpha value is -1.61. The van der Waals surface area contributed by atoms with Crippen molar-refractivity contribution in [3.8, 4) is 11.5 Å². The molecule has 0 atom stereocenters. The second-order valence-corrected chi connectivity index (χ2v) is 4.71. The van der Waals surface area contributed by atoms with Gasteiger partial charge in [0.15, 0.2) is 5.96 Å². The van der Waals surface area contributed by atoms with Crippen LogP contribution in [0.25, 0.3) is 11.5 Å². The van der Waals surface area contributed by atoms with Gasteiger partial charge in [-0.2, -0.15) is 0 Å². The van der Waals surface area contributed by atoms with Crippen LogP contribution < -0.4 is 10.6 Å². The van der Waals surface area contributed by atoms with E-state index in [0.717, 1.165) is 36.8 Å². The molecule has 7 heteroatoms. The van der Waals surface area contributed by atoms with Gasteiger partial charge in [0.1, 0.15) is 6.26 Å². The molecule has 23 heavy (non-hydrogen) atoms. The summed E-state index contributed by atoms with van der Waals surface area (Å²) in [6, 6.07) is 9.83. The van der Waals surface area contributed by atoms with Crippen LogP contribution in [-0.2, 0) is 11.3 Å². The lowest BCUT2D eigenvalue weighted by Crippen LogP contribution is -2.37. The maximum Gasteiger partial charge on any atom is 0.226 e. The summed E-state index contributed by atoms with van der Waals surface area (Å²) in [6.07, 6.45) is 2.59. The fourth-order valence-electron chi connectivity index (χ4n) is 1.92. The van der Waals surface area contributed by atoms with Crippen molar-refractivity contribution in [1.29, 1.82) is 0 Å². The third-order valence-electron chi connectivity index (χ3n) is 3.05. The normalized spacial score (nSPS) is 11.0. The first-order valence-corrected chi connectivity index (χ1v) is 7.26. The predicted octanol–water partition coefficient (Wildman–Crippen LogP) is 2.66. The van der Waals surface area contributed by atoms with Crippen molar-refractivity contribution in [3.63, 3.8) is 0 Å². The Morgan fingerprint density at radius 2 is 2.04 bits per heavy atom. The molecular formula is C16H23IN4O2. The van der Waals surface area contributed by atoms with Gasteiger partial charge in [-0.05, 0) is 18.6 Å². The number of guanidine groups is 1. The summed E-state index contributed by atoms with van der Waals surface area (Å²) in [5, 5.41) is 6.42. The van der Waals surface area contributed by atoms with Crippen LogP contribution in [0.1, 0.15) is 12.1 Å². The van der Waals surface area contributed by atoms with E-state index in [1.54, 1.807) is 20.4 Å². The summed E-state index contributed by atoms with van der Waals surface area (Å²) < 4.78 is 10.5. The molecule has 2 aromatic rings. The smallest absolute Gasteiger partial charge is 0.226 e. The molecule has 1 heterocycles. The summed E-state index contributed by atoms with van der Waals surface area (Å²) >= 11 is 0. The maximum atomic E-state index is 5.50. The second-order valence-electron chi connectivity index (χ2n) is 4.71. The Labute approximate surface area is 153 Å². The third kappa shape index (κ3) is 6.57. The van der Waals surface area contributed by atoms with Gasteiger partial charge in [-0.1, -0.05) is 18.2 Å². The lowest BCUT2D eigenvalue weighted by Gasteiger charge is -2.10. The van der Waals surface area contributed by atoms with Crippen LogP contribution in [0.2, 0.25) is 0 Å². The number of benzene rings is 1. The molecule has 2 N–H and O–H groups in total. The van der Waals surface area contributed by atoms with Crippen molar-refractivity contribution in [3.05, 3.63) is 42.3 Å². The Balaban J connectivity index is 0.00000264. The van der Waals surface area contributed by atoms with Gasteiger partial charge < -0.3 is 19.8 Å². The highest BCUT2D eigenvalue weighted by Crippen LogP contribution is 2.17. The van der Waals surface area contributed by atoms with E-state index in [-0.39, 0.29) is 24.0 Å². The number of nitrogens with one attached hydrogen (secondary N) is 2. The monoisotopic (exact) mass is 430 g/mol. The maximum absolute atomic E-state index is 5.50. The molecule has 2 rings (SSSR count). The largest absolute Gasteiger partial charge is 0.444 e. The molecule has 1 aromatic carbocycles. The molecule has 0 unspecified atom stereocenters. The van der Waals surface area contributed by atoms with Crippen LogP contribution >= 0.6 is 24.0 Å². The van der Waals surface area contributed by atoms with Crippen molar-refractivity contribution in [2.45, 2.75) is 13.0 Å². The highest BCUT2D eigenvalue weighted by Gasteiger charge is 2.06. The van der Waals surface area contributed by atoms with Gasteiger partial charge in [0.05, 0.1) is 12.2 Å². The van der Waals surface area contributed by atoms with Crippen molar-refractivity contribution in [1.82, 2.24) is 15.6 Å². The quantitative estimate of drug-likeness (QED) is 0.306. The molecule has 6 nitrogen and oxygen atoms in total. The average molecular weight is 430 g/mol. The van der Waals surface area contributed by atoms with Crippen LogP contribution in [0.15, 0.2) is 46.0 Å². The third-order valence-corrected chi connectivity index (χ3v) is 3.05. The van der Waals surface area contributed by atoms with Crippen LogP contribution in [0.5, 0.6) is 0 Å². The van der Waals surface area contributed by atoms with Gasteiger partial charge in [0.25, 0.3) is 0 Å². The molecule has 0 aliphatic rings. The molecule has 0 saturated heterocycles. The van der Waals surface area contributed by atoms with Crippen LogP contribution in [-0.4, -0.2) is 38.3 Å². The van der Waals surface area contributed by atoms with E-state index in [2.05, 4.69) is 20.6 Å². The average Bonchev–Trinajstić information content (AvgIpc) is 3.04. The van der Waals surface area contributed by atoms with E-state index >= 15 is 0 Å². The van der Waals surface area contributed by atoms with Crippen molar-refractivity contribution in [2.24, 2.45) is 4.99 Å². The Morgan fingerprint density at radius 1 is 1.26 bits per heavy atom. The number of aromatic nitrogens is 1. The molecule has 0 bridgehead atoms. The van der Waals surface area contributed by atoms with Crippen LogP contribution in [0.4, 0.5) is 0 Å². The number of nitrogens with zero attached hydrogens (tertiary/aromatic N) is 2. The summed E-state index contributed by atoms with van der Waals surface area (Å²) in [6.45, 7) is 2.09. The zero-order valence-corrected chi connectivity index (χ0v) is 15.7. The van der Waals surface area contributed by atoms with Gasteiger partial charge in [0.2, 0.25) is 5.89 Å². The molecule has 0 saturated carbocycles. The molecule has 1 aromatic heterocycles.